The van der Waals surface area contributed by atoms with E-state index >= 15 is 0 Å². The molecule has 1 aromatic heterocycles. The number of hydrogen-bond donors (Lipinski definition) is 1. The summed E-state index contributed by atoms with van der Waals surface area (Å²) in [6.45, 7) is 7.63. The summed E-state index contributed by atoms with van der Waals surface area (Å²) in [7, 11) is 0. The van der Waals surface area contributed by atoms with Crippen LogP contribution in [-0.2, 0) is 20.8 Å². The maximum atomic E-state index is 13.8. The lowest BCUT2D eigenvalue weighted by Gasteiger charge is -2.39. The van der Waals surface area contributed by atoms with Gasteiger partial charge in [-0.1, -0.05) is 48.5 Å². The molecule has 1 fully saturated rings. The minimum Gasteiger partial charge on any atom is -0.459 e. The number of carbonyl (C=O) groups excluding carboxylic acids is 2. The molecule has 1 saturated heterocycles. The highest BCUT2D eigenvalue weighted by molar-refractivity contribution is 5.95. The molecular formula is C32H39N3O5. The van der Waals surface area contributed by atoms with Crippen molar-refractivity contribution in [3.8, 4) is 0 Å². The van der Waals surface area contributed by atoms with Crippen LogP contribution < -0.4 is 0 Å². The van der Waals surface area contributed by atoms with Gasteiger partial charge in [0.25, 0.3) is 5.91 Å². The smallest absolute Gasteiger partial charge is 0.288 e. The number of rotatable bonds is 9. The van der Waals surface area contributed by atoms with Crippen molar-refractivity contribution in [1.29, 1.82) is 0 Å². The van der Waals surface area contributed by atoms with Gasteiger partial charge >= 0.3 is 0 Å². The second-order valence-electron chi connectivity index (χ2n) is 10.6. The molecule has 3 heterocycles. The Hall–Kier alpha value is -3.46. The van der Waals surface area contributed by atoms with Crippen molar-refractivity contribution in [2.45, 2.75) is 45.4 Å². The third-order valence-corrected chi connectivity index (χ3v) is 7.97. The quantitative estimate of drug-likeness (QED) is 0.429. The Balaban J connectivity index is 1.43. The van der Waals surface area contributed by atoms with E-state index in [1.54, 1.807) is 11.5 Å². The number of carbonyl (C=O) groups is 2. The van der Waals surface area contributed by atoms with Crippen LogP contribution in [0.1, 0.15) is 48.5 Å². The van der Waals surface area contributed by atoms with Gasteiger partial charge in [0.2, 0.25) is 12.2 Å². The first-order chi connectivity index (χ1) is 19.5. The van der Waals surface area contributed by atoms with Crippen LogP contribution in [0.3, 0.4) is 0 Å². The fraction of sp³-hybridized carbons (Fsp3) is 0.438. The standard InChI is InChI=1S/C32H39N3O5/c1-3-39-32-26(13-9-19-36)27(28-22-35(23(2)37)29-14-8-7-12-25(28)29)20-30(40-32)31(38)34-17-15-33(16-18-34)21-24-10-5-4-6-11-24/h4-8,10-12,14,20,22,26-27,32,36H,3,9,13,15-19,21H2,1-2H3/t26-,27-,32+/m0/s1. The third-order valence-electron chi connectivity index (χ3n) is 7.97. The Morgan fingerprint density at radius 3 is 2.45 bits per heavy atom. The zero-order chi connectivity index (χ0) is 28.1. The Bertz CT molecular complexity index is 1340. The van der Waals surface area contributed by atoms with Gasteiger partial charge in [0.1, 0.15) is 0 Å². The molecule has 0 spiro atoms. The first-order valence-electron chi connectivity index (χ1n) is 14.3. The number of allylic oxidation sites excluding steroid dienone is 1. The number of amides is 1. The zero-order valence-corrected chi connectivity index (χ0v) is 23.4. The van der Waals surface area contributed by atoms with E-state index in [0.29, 0.717) is 38.3 Å². The molecule has 1 amide bonds. The van der Waals surface area contributed by atoms with Crippen LogP contribution in [0.25, 0.3) is 10.9 Å². The number of aliphatic hydroxyl groups is 1. The van der Waals surface area contributed by atoms with Crippen molar-refractivity contribution < 1.29 is 24.2 Å². The van der Waals surface area contributed by atoms with Crippen molar-refractivity contribution in [3.05, 3.63) is 83.8 Å². The average molecular weight is 546 g/mol. The Morgan fingerprint density at radius 1 is 1.02 bits per heavy atom. The fourth-order valence-corrected chi connectivity index (χ4v) is 5.95. The molecule has 0 saturated carbocycles. The topological polar surface area (TPSA) is 84.2 Å². The van der Waals surface area contributed by atoms with Crippen molar-refractivity contribution in [1.82, 2.24) is 14.4 Å². The van der Waals surface area contributed by atoms with E-state index in [-0.39, 0.29) is 30.3 Å². The zero-order valence-electron chi connectivity index (χ0n) is 23.4. The largest absolute Gasteiger partial charge is 0.459 e. The molecule has 5 rings (SSSR count). The van der Waals surface area contributed by atoms with Gasteiger partial charge in [-0.15, -0.1) is 0 Å². The van der Waals surface area contributed by atoms with Gasteiger partial charge in [0, 0.05) is 76.3 Å². The van der Waals surface area contributed by atoms with Crippen molar-refractivity contribution in [2.75, 3.05) is 39.4 Å². The molecule has 0 aliphatic carbocycles. The Morgan fingerprint density at radius 2 is 1.75 bits per heavy atom. The van der Waals surface area contributed by atoms with Gasteiger partial charge in [-0.05, 0) is 43.0 Å². The second-order valence-corrected chi connectivity index (χ2v) is 10.6. The molecule has 2 aliphatic rings. The molecule has 1 N–H and O–H groups in total. The van der Waals surface area contributed by atoms with Gasteiger partial charge in [-0.25, -0.2) is 0 Å². The van der Waals surface area contributed by atoms with Crippen molar-refractivity contribution in [3.63, 3.8) is 0 Å². The van der Waals surface area contributed by atoms with Gasteiger partial charge < -0.3 is 19.5 Å². The highest BCUT2D eigenvalue weighted by Gasteiger charge is 2.40. The van der Waals surface area contributed by atoms with Crippen LogP contribution in [-0.4, -0.2) is 77.0 Å². The van der Waals surface area contributed by atoms with Crippen LogP contribution >= 0.6 is 0 Å². The second kappa shape index (κ2) is 12.8. The molecule has 2 aromatic carbocycles. The molecule has 0 radical (unpaired) electrons. The van der Waals surface area contributed by atoms with E-state index in [1.165, 1.54) is 5.56 Å². The van der Waals surface area contributed by atoms with E-state index in [9.17, 15) is 14.7 Å². The van der Waals surface area contributed by atoms with Crippen LogP contribution in [0.5, 0.6) is 0 Å². The Kier molecular flexibility index (Phi) is 8.99. The molecule has 0 bridgehead atoms. The van der Waals surface area contributed by atoms with Crippen molar-refractivity contribution in [2.24, 2.45) is 5.92 Å². The molecule has 8 nitrogen and oxygen atoms in total. The summed E-state index contributed by atoms with van der Waals surface area (Å²) in [5.41, 5.74) is 3.06. The van der Waals surface area contributed by atoms with Gasteiger partial charge in [0.05, 0.1) is 5.52 Å². The molecule has 40 heavy (non-hydrogen) atoms. The number of aliphatic hydroxyl groups excluding tert-OH is 1. The fourth-order valence-electron chi connectivity index (χ4n) is 5.95. The summed E-state index contributed by atoms with van der Waals surface area (Å²) in [5.74, 6) is -0.264. The van der Waals surface area contributed by atoms with Crippen LogP contribution in [0.2, 0.25) is 0 Å². The highest BCUT2D eigenvalue weighted by Crippen LogP contribution is 2.42. The summed E-state index contributed by atoms with van der Waals surface area (Å²) < 4.78 is 14.0. The molecular weight excluding hydrogens is 506 g/mol. The van der Waals surface area contributed by atoms with E-state index in [1.807, 2.05) is 54.4 Å². The monoisotopic (exact) mass is 545 g/mol. The number of benzene rings is 2. The lowest BCUT2D eigenvalue weighted by molar-refractivity contribution is -0.171. The normalized spacial score (nSPS) is 21.7. The average Bonchev–Trinajstić information content (AvgIpc) is 3.37. The molecule has 3 aromatic rings. The van der Waals surface area contributed by atoms with Gasteiger partial charge in [-0.3, -0.25) is 19.1 Å². The van der Waals surface area contributed by atoms with E-state index in [4.69, 9.17) is 9.47 Å². The number of para-hydroxylation sites is 1. The number of aromatic nitrogens is 1. The van der Waals surface area contributed by atoms with Gasteiger partial charge in [-0.2, -0.15) is 0 Å². The lowest BCUT2D eigenvalue weighted by atomic mass is 9.80. The van der Waals surface area contributed by atoms with Gasteiger partial charge in [0.15, 0.2) is 5.76 Å². The molecule has 2 aliphatic heterocycles. The maximum Gasteiger partial charge on any atom is 0.288 e. The summed E-state index contributed by atoms with van der Waals surface area (Å²) >= 11 is 0. The maximum absolute atomic E-state index is 13.8. The van der Waals surface area contributed by atoms with Crippen LogP contribution in [0.4, 0.5) is 0 Å². The van der Waals surface area contributed by atoms with E-state index in [2.05, 4.69) is 29.2 Å². The molecule has 0 unspecified atom stereocenters. The SMILES string of the molecule is CCO[C@@H]1OC(C(=O)N2CCN(Cc3ccccc3)CC2)=C[C@H](c2cn(C(C)=O)c3ccccc23)[C@@H]1CCCO. The number of ether oxygens (including phenoxy) is 2. The molecule has 8 heteroatoms. The van der Waals surface area contributed by atoms with Crippen LogP contribution in [0, 0.1) is 5.92 Å². The van der Waals surface area contributed by atoms with Crippen LogP contribution in [0.15, 0.2) is 72.6 Å². The number of nitrogens with zero attached hydrogens (tertiary/aromatic N) is 3. The lowest BCUT2D eigenvalue weighted by Crippen LogP contribution is -2.49. The predicted octanol–water partition coefficient (Wildman–Crippen LogP) is 4.39. The first-order valence-corrected chi connectivity index (χ1v) is 14.3. The Labute approximate surface area is 235 Å². The minimum atomic E-state index is -0.635. The minimum absolute atomic E-state index is 0.0556. The summed E-state index contributed by atoms with van der Waals surface area (Å²) in [5, 5.41) is 10.6. The van der Waals surface area contributed by atoms with E-state index in [0.717, 1.165) is 36.1 Å². The summed E-state index contributed by atoms with van der Waals surface area (Å²) in [6, 6.07) is 18.2. The number of fused-ring (bicyclic) bond motifs is 1. The highest BCUT2D eigenvalue weighted by atomic mass is 16.7. The molecule has 3 atom stereocenters. The molecule has 212 valence electrons. The summed E-state index contributed by atoms with van der Waals surface area (Å²) in [6.07, 6.45) is 4.41. The van der Waals surface area contributed by atoms with E-state index < -0.39 is 6.29 Å². The predicted molar refractivity (Wildman–Crippen MR) is 154 cm³/mol. The number of piperazine rings is 1. The summed E-state index contributed by atoms with van der Waals surface area (Å²) in [4.78, 5) is 30.5. The number of hydrogen-bond acceptors (Lipinski definition) is 6. The first kappa shape index (κ1) is 28.1. The third kappa shape index (κ3) is 5.99. The van der Waals surface area contributed by atoms with Crippen molar-refractivity contribution >= 4 is 22.7 Å².